The van der Waals surface area contributed by atoms with Crippen LogP contribution < -0.4 is 0 Å². The Morgan fingerprint density at radius 2 is 2.17 bits per heavy atom. The number of carbonyl (C=O) groups excluding carboxylic acids is 1. The predicted octanol–water partition coefficient (Wildman–Crippen LogP) is 1.33. The first-order valence-corrected chi connectivity index (χ1v) is 7.05. The lowest BCUT2D eigenvalue weighted by Crippen LogP contribution is -2.37. The van der Waals surface area contributed by atoms with Gasteiger partial charge in [0.1, 0.15) is 0 Å². The second kappa shape index (κ2) is 6.95. The first kappa shape index (κ1) is 13.6. The van der Waals surface area contributed by atoms with Crippen molar-refractivity contribution in [3.05, 3.63) is 0 Å². The Bertz CT molecular complexity index is 267. The molecule has 0 saturated carbocycles. The SMILES string of the molecule is CCOC(=O)N1CCCN(CC2CCCO2)CC1. The number of amides is 1. The van der Waals surface area contributed by atoms with Crippen LogP contribution in [0.15, 0.2) is 0 Å². The Labute approximate surface area is 109 Å². The van der Waals surface area contributed by atoms with Crippen LogP contribution in [0.1, 0.15) is 26.2 Å². The highest BCUT2D eigenvalue weighted by molar-refractivity contribution is 5.67. The monoisotopic (exact) mass is 256 g/mol. The lowest BCUT2D eigenvalue weighted by Gasteiger charge is -2.23. The van der Waals surface area contributed by atoms with E-state index in [1.165, 1.54) is 12.8 Å². The molecule has 5 nitrogen and oxygen atoms in total. The molecule has 0 aromatic heterocycles. The average Bonchev–Trinajstić information content (AvgIpc) is 2.74. The lowest BCUT2D eigenvalue weighted by atomic mass is 10.2. The van der Waals surface area contributed by atoms with E-state index in [0.29, 0.717) is 12.7 Å². The molecule has 2 aliphatic heterocycles. The number of hydrogen-bond donors (Lipinski definition) is 0. The molecule has 1 unspecified atom stereocenters. The highest BCUT2D eigenvalue weighted by Crippen LogP contribution is 2.14. The van der Waals surface area contributed by atoms with Gasteiger partial charge in [-0.1, -0.05) is 0 Å². The van der Waals surface area contributed by atoms with Crippen LogP contribution in [-0.4, -0.2) is 67.9 Å². The smallest absolute Gasteiger partial charge is 0.409 e. The quantitative estimate of drug-likeness (QED) is 0.764. The van der Waals surface area contributed by atoms with Gasteiger partial charge in [-0.15, -0.1) is 0 Å². The topological polar surface area (TPSA) is 42.0 Å². The summed E-state index contributed by atoms with van der Waals surface area (Å²) in [5.74, 6) is 0. The van der Waals surface area contributed by atoms with Gasteiger partial charge in [-0.05, 0) is 32.7 Å². The van der Waals surface area contributed by atoms with Crippen molar-refractivity contribution < 1.29 is 14.3 Å². The summed E-state index contributed by atoms with van der Waals surface area (Å²) in [7, 11) is 0. The third-order valence-corrected chi connectivity index (χ3v) is 3.60. The molecule has 0 N–H and O–H groups in total. The molecule has 18 heavy (non-hydrogen) atoms. The molecule has 2 rings (SSSR count). The van der Waals surface area contributed by atoms with Crippen molar-refractivity contribution >= 4 is 6.09 Å². The average molecular weight is 256 g/mol. The molecule has 0 bridgehead atoms. The third-order valence-electron chi connectivity index (χ3n) is 3.60. The van der Waals surface area contributed by atoms with Gasteiger partial charge in [0.2, 0.25) is 0 Å². The Hall–Kier alpha value is -0.810. The highest BCUT2D eigenvalue weighted by Gasteiger charge is 2.23. The van der Waals surface area contributed by atoms with Gasteiger partial charge in [0.05, 0.1) is 12.7 Å². The van der Waals surface area contributed by atoms with Gasteiger partial charge in [0.15, 0.2) is 0 Å². The second-order valence-corrected chi connectivity index (χ2v) is 4.98. The molecule has 2 fully saturated rings. The molecule has 5 heteroatoms. The van der Waals surface area contributed by atoms with Crippen molar-refractivity contribution in [2.75, 3.05) is 45.9 Å². The van der Waals surface area contributed by atoms with Gasteiger partial charge in [-0.3, -0.25) is 4.90 Å². The van der Waals surface area contributed by atoms with E-state index in [4.69, 9.17) is 9.47 Å². The molecule has 0 aromatic rings. The summed E-state index contributed by atoms with van der Waals surface area (Å²) in [4.78, 5) is 15.9. The van der Waals surface area contributed by atoms with Crippen molar-refractivity contribution in [3.8, 4) is 0 Å². The van der Waals surface area contributed by atoms with E-state index in [1.807, 2.05) is 11.8 Å². The summed E-state index contributed by atoms with van der Waals surface area (Å²) < 4.78 is 10.7. The van der Waals surface area contributed by atoms with E-state index in [9.17, 15) is 4.79 Å². The number of hydrogen-bond acceptors (Lipinski definition) is 4. The summed E-state index contributed by atoms with van der Waals surface area (Å²) in [5.41, 5.74) is 0. The predicted molar refractivity (Wildman–Crippen MR) is 68.6 cm³/mol. The minimum Gasteiger partial charge on any atom is -0.450 e. The number of rotatable bonds is 3. The number of carbonyl (C=O) groups is 1. The Morgan fingerprint density at radius 3 is 2.89 bits per heavy atom. The highest BCUT2D eigenvalue weighted by atomic mass is 16.6. The lowest BCUT2D eigenvalue weighted by molar-refractivity contribution is 0.0734. The summed E-state index contributed by atoms with van der Waals surface area (Å²) in [6, 6.07) is 0. The standard InChI is InChI=1S/C13H24N2O3/c1-2-17-13(16)15-7-4-6-14(8-9-15)11-12-5-3-10-18-12/h12H,2-11H2,1H3. The van der Waals surface area contributed by atoms with Gasteiger partial charge in [-0.25, -0.2) is 4.79 Å². The van der Waals surface area contributed by atoms with E-state index in [-0.39, 0.29) is 6.09 Å². The van der Waals surface area contributed by atoms with Crippen LogP contribution in [0, 0.1) is 0 Å². The molecule has 0 aromatic carbocycles. The fraction of sp³-hybridized carbons (Fsp3) is 0.923. The van der Waals surface area contributed by atoms with E-state index < -0.39 is 0 Å². The van der Waals surface area contributed by atoms with Crippen molar-refractivity contribution in [1.82, 2.24) is 9.80 Å². The maximum Gasteiger partial charge on any atom is 0.409 e. The van der Waals surface area contributed by atoms with Crippen LogP contribution in [0.4, 0.5) is 4.79 Å². The van der Waals surface area contributed by atoms with E-state index in [0.717, 1.165) is 45.8 Å². The molecule has 2 saturated heterocycles. The zero-order chi connectivity index (χ0) is 12.8. The Kier molecular flexibility index (Phi) is 5.26. The number of nitrogens with zero attached hydrogens (tertiary/aromatic N) is 2. The van der Waals surface area contributed by atoms with Crippen molar-refractivity contribution in [1.29, 1.82) is 0 Å². The molecular weight excluding hydrogens is 232 g/mol. The van der Waals surface area contributed by atoms with Crippen LogP contribution in [0.2, 0.25) is 0 Å². The van der Waals surface area contributed by atoms with E-state index >= 15 is 0 Å². The summed E-state index contributed by atoms with van der Waals surface area (Å²) in [5, 5.41) is 0. The molecule has 104 valence electrons. The second-order valence-electron chi connectivity index (χ2n) is 4.98. The number of ether oxygens (including phenoxy) is 2. The summed E-state index contributed by atoms with van der Waals surface area (Å²) >= 11 is 0. The Morgan fingerprint density at radius 1 is 1.28 bits per heavy atom. The zero-order valence-corrected chi connectivity index (χ0v) is 11.3. The summed E-state index contributed by atoms with van der Waals surface area (Å²) in [6.07, 6.45) is 3.62. The maximum absolute atomic E-state index is 11.7. The molecular formula is C13H24N2O3. The summed E-state index contributed by atoms with van der Waals surface area (Å²) in [6.45, 7) is 7.78. The molecule has 0 aliphatic carbocycles. The first-order valence-electron chi connectivity index (χ1n) is 7.05. The largest absolute Gasteiger partial charge is 0.450 e. The van der Waals surface area contributed by atoms with E-state index in [2.05, 4.69) is 4.90 Å². The van der Waals surface area contributed by atoms with E-state index in [1.54, 1.807) is 0 Å². The molecule has 1 atom stereocenters. The molecule has 1 amide bonds. The fourth-order valence-electron chi connectivity index (χ4n) is 2.63. The maximum atomic E-state index is 11.7. The van der Waals surface area contributed by atoms with Gasteiger partial charge in [-0.2, -0.15) is 0 Å². The van der Waals surface area contributed by atoms with Gasteiger partial charge < -0.3 is 14.4 Å². The fourth-order valence-corrected chi connectivity index (χ4v) is 2.63. The molecule has 2 heterocycles. The van der Waals surface area contributed by atoms with Crippen LogP contribution in [0.25, 0.3) is 0 Å². The minimum atomic E-state index is -0.170. The molecule has 0 radical (unpaired) electrons. The third kappa shape index (κ3) is 3.85. The van der Waals surface area contributed by atoms with Gasteiger partial charge in [0, 0.05) is 32.8 Å². The Balaban J connectivity index is 1.75. The molecule has 0 spiro atoms. The minimum absolute atomic E-state index is 0.170. The molecule has 2 aliphatic rings. The normalized spacial score (nSPS) is 26.1. The zero-order valence-electron chi connectivity index (χ0n) is 11.3. The van der Waals surface area contributed by atoms with Crippen molar-refractivity contribution in [2.24, 2.45) is 0 Å². The van der Waals surface area contributed by atoms with Crippen molar-refractivity contribution in [2.45, 2.75) is 32.3 Å². The first-order chi connectivity index (χ1) is 8.79. The van der Waals surface area contributed by atoms with Crippen LogP contribution in [0.3, 0.4) is 0 Å². The van der Waals surface area contributed by atoms with Crippen molar-refractivity contribution in [3.63, 3.8) is 0 Å². The van der Waals surface area contributed by atoms with Crippen LogP contribution in [0.5, 0.6) is 0 Å². The van der Waals surface area contributed by atoms with Gasteiger partial charge in [0.25, 0.3) is 0 Å². The van der Waals surface area contributed by atoms with Gasteiger partial charge >= 0.3 is 6.09 Å². The van der Waals surface area contributed by atoms with Crippen LogP contribution >= 0.6 is 0 Å². The van der Waals surface area contributed by atoms with Crippen LogP contribution in [-0.2, 0) is 9.47 Å².